The predicted molar refractivity (Wildman–Crippen MR) is 126 cm³/mol. The molecule has 1 aliphatic heterocycles. The highest BCUT2D eigenvalue weighted by molar-refractivity contribution is 8.13. The first-order valence-electron chi connectivity index (χ1n) is 10.4. The molecule has 1 amide bonds. The number of amidine groups is 1. The van der Waals surface area contributed by atoms with Gasteiger partial charge in [0.05, 0.1) is 26.4 Å². The largest absolute Gasteiger partial charge is 0.490 e. The zero-order chi connectivity index (χ0) is 22.2. The maximum Gasteiger partial charge on any atom is 0.260 e. The van der Waals surface area contributed by atoms with E-state index < -0.39 is 0 Å². The van der Waals surface area contributed by atoms with Crippen molar-refractivity contribution in [1.82, 2.24) is 4.90 Å². The molecule has 0 saturated heterocycles. The van der Waals surface area contributed by atoms with Crippen LogP contribution in [0.25, 0.3) is 0 Å². The highest BCUT2D eigenvalue weighted by atomic mass is 35.5. The van der Waals surface area contributed by atoms with Crippen LogP contribution < -0.4 is 14.2 Å². The molecule has 31 heavy (non-hydrogen) atoms. The number of hydrogen-bond acceptors (Lipinski definition) is 6. The van der Waals surface area contributed by atoms with Gasteiger partial charge in [-0.25, -0.2) is 0 Å². The van der Waals surface area contributed by atoms with Crippen LogP contribution in [0.1, 0.15) is 36.7 Å². The van der Waals surface area contributed by atoms with E-state index in [1.54, 1.807) is 17.0 Å². The number of carbonyl (C=O) groups is 1. The molecular weight excluding hydrogens is 436 g/mol. The van der Waals surface area contributed by atoms with Crippen molar-refractivity contribution >= 4 is 34.4 Å². The highest BCUT2D eigenvalue weighted by Gasteiger charge is 2.27. The summed E-state index contributed by atoms with van der Waals surface area (Å²) in [4.78, 5) is 19.6. The summed E-state index contributed by atoms with van der Waals surface area (Å²) >= 11 is 7.60. The molecule has 0 radical (unpaired) electrons. The molecular formula is C23H27ClN2O4S. The van der Waals surface area contributed by atoms with Gasteiger partial charge in [-0.2, -0.15) is 0 Å². The maximum absolute atomic E-state index is 13.4. The van der Waals surface area contributed by atoms with E-state index in [2.05, 4.69) is 4.99 Å². The summed E-state index contributed by atoms with van der Waals surface area (Å²) in [6.45, 7) is 8.18. The van der Waals surface area contributed by atoms with Gasteiger partial charge in [-0.1, -0.05) is 35.5 Å². The Labute approximate surface area is 192 Å². The van der Waals surface area contributed by atoms with Gasteiger partial charge in [-0.15, -0.1) is 0 Å². The monoisotopic (exact) mass is 462 g/mol. The van der Waals surface area contributed by atoms with Gasteiger partial charge in [0.1, 0.15) is 0 Å². The molecule has 0 spiro atoms. The standard InChI is InChI=1S/C23H27ClN2O4S/c1-4-28-19-13-17(14-20(29-5-2)21(19)30-6-3)22(27)26-11-10-25-23(26)31-15-16-8-7-9-18(24)12-16/h7-9,12-14H,4-6,10-11,15H2,1-3H3. The SMILES string of the molecule is CCOc1cc(C(=O)N2CCN=C2SCc2cccc(Cl)c2)cc(OCC)c1OCC. The molecule has 0 saturated carbocycles. The molecule has 166 valence electrons. The van der Waals surface area contributed by atoms with Crippen molar-refractivity contribution in [3.8, 4) is 17.2 Å². The molecule has 0 fully saturated rings. The third kappa shape index (κ3) is 5.86. The van der Waals surface area contributed by atoms with E-state index in [-0.39, 0.29) is 5.91 Å². The van der Waals surface area contributed by atoms with E-state index in [0.717, 1.165) is 5.56 Å². The van der Waals surface area contributed by atoms with Crippen LogP contribution in [0.4, 0.5) is 0 Å². The zero-order valence-electron chi connectivity index (χ0n) is 18.0. The molecule has 0 unspecified atom stereocenters. The Kier molecular flexibility index (Phi) is 8.49. The number of nitrogens with zero attached hydrogens (tertiary/aromatic N) is 2. The number of rotatable bonds is 9. The Balaban J connectivity index is 1.82. The fourth-order valence-corrected chi connectivity index (χ4v) is 4.38. The molecule has 3 rings (SSSR count). The minimum absolute atomic E-state index is 0.139. The molecule has 1 heterocycles. The van der Waals surface area contributed by atoms with Crippen molar-refractivity contribution in [2.24, 2.45) is 4.99 Å². The van der Waals surface area contributed by atoms with Crippen LogP contribution in [0.3, 0.4) is 0 Å². The van der Waals surface area contributed by atoms with Gasteiger partial charge in [-0.05, 0) is 50.6 Å². The minimum Gasteiger partial charge on any atom is -0.490 e. The Morgan fingerprint density at radius 1 is 1.06 bits per heavy atom. The van der Waals surface area contributed by atoms with Gasteiger partial charge in [-0.3, -0.25) is 14.7 Å². The van der Waals surface area contributed by atoms with Gasteiger partial charge in [0.2, 0.25) is 5.75 Å². The molecule has 0 aliphatic carbocycles. The van der Waals surface area contributed by atoms with Crippen LogP contribution in [0.2, 0.25) is 5.02 Å². The van der Waals surface area contributed by atoms with E-state index in [1.165, 1.54) is 11.8 Å². The molecule has 1 aliphatic rings. The number of thioether (sulfide) groups is 1. The lowest BCUT2D eigenvalue weighted by atomic mass is 10.1. The van der Waals surface area contributed by atoms with Crippen LogP contribution in [-0.2, 0) is 5.75 Å². The molecule has 0 bridgehead atoms. The van der Waals surface area contributed by atoms with Crippen LogP contribution in [0.15, 0.2) is 41.4 Å². The van der Waals surface area contributed by atoms with Crippen molar-refractivity contribution in [3.63, 3.8) is 0 Å². The normalized spacial score (nSPS) is 13.2. The van der Waals surface area contributed by atoms with Gasteiger partial charge >= 0.3 is 0 Å². The summed E-state index contributed by atoms with van der Waals surface area (Å²) in [6.07, 6.45) is 0. The number of hydrogen-bond donors (Lipinski definition) is 0. The molecule has 0 N–H and O–H groups in total. The van der Waals surface area contributed by atoms with E-state index in [1.807, 2.05) is 45.0 Å². The van der Waals surface area contributed by atoms with Crippen LogP contribution >= 0.6 is 23.4 Å². The topological polar surface area (TPSA) is 60.4 Å². The van der Waals surface area contributed by atoms with Crippen molar-refractivity contribution in [2.45, 2.75) is 26.5 Å². The zero-order valence-corrected chi connectivity index (χ0v) is 19.6. The number of amides is 1. The van der Waals surface area contributed by atoms with E-state index in [9.17, 15) is 4.79 Å². The molecule has 0 atom stereocenters. The fraction of sp³-hybridized carbons (Fsp3) is 0.391. The number of ether oxygens (including phenoxy) is 3. The summed E-state index contributed by atoms with van der Waals surface area (Å²) in [7, 11) is 0. The Morgan fingerprint density at radius 3 is 2.35 bits per heavy atom. The first kappa shape index (κ1) is 23.3. The quantitative estimate of drug-likeness (QED) is 0.507. The van der Waals surface area contributed by atoms with Crippen molar-refractivity contribution in [2.75, 3.05) is 32.9 Å². The van der Waals surface area contributed by atoms with E-state index >= 15 is 0 Å². The second-order valence-corrected chi connectivity index (χ2v) is 8.02. The first-order chi connectivity index (χ1) is 15.1. The lowest BCUT2D eigenvalue weighted by molar-refractivity contribution is 0.0859. The van der Waals surface area contributed by atoms with Crippen molar-refractivity contribution in [1.29, 1.82) is 0 Å². The van der Waals surface area contributed by atoms with Gasteiger partial charge < -0.3 is 14.2 Å². The highest BCUT2D eigenvalue weighted by Crippen LogP contribution is 2.39. The molecule has 8 heteroatoms. The summed E-state index contributed by atoms with van der Waals surface area (Å²) in [5.41, 5.74) is 1.56. The molecule has 6 nitrogen and oxygen atoms in total. The lowest BCUT2D eigenvalue weighted by Crippen LogP contribution is -2.33. The summed E-state index contributed by atoms with van der Waals surface area (Å²) in [6, 6.07) is 11.1. The Hall–Kier alpha value is -2.38. The predicted octanol–water partition coefficient (Wildman–Crippen LogP) is 5.28. The van der Waals surface area contributed by atoms with Crippen molar-refractivity contribution < 1.29 is 19.0 Å². The molecule has 2 aromatic rings. The van der Waals surface area contributed by atoms with E-state index in [4.69, 9.17) is 25.8 Å². The summed E-state index contributed by atoms with van der Waals surface area (Å²) in [5, 5.41) is 1.40. The molecule has 2 aromatic carbocycles. The van der Waals surface area contributed by atoms with E-state index in [0.29, 0.717) is 71.7 Å². The Bertz CT molecular complexity index is 924. The minimum atomic E-state index is -0.139. The number of halogens is 1. The second kappa shape index (κ2) is 11.3. The summed E-state index contributed by atoms with van der Waals surface area (Å²) in [5.74, 6) is 2.07. The van der Waals surface area contributed by atoms with Gasteiger partial charge in [0.15, 0.2) is 16.7 Å². The average molecular weight is 463 g/mol. The lowest BCUT2D eigenvalue weighted by Gasteiger charge is -2.21. The van der Waals surface area contributed by atoms with Crippen LogP contribution in [0, 0.1) is 0 Å². The third-order valence-corrected chi connectivity index (χ3v) is 5.78. The number of carbonyl (C=O) groups excluding carboxylic acids is 1. The molecule has 0 aromatic heterocycles. The van der Waals surface area contributed by atoms with Crippen molar-refractivity contribution in [3.05, 3.63) is 52.5 Å². The smallest absolute Gasteiger partial charge is 0.260 e. The van der Waals surface area contributed by atoms with Crippen LogP contribution in [0.5, 0.6) is 17.2 Å². The summed E-state index contributed by atoms with van der Waals surface area (Å²) < 4.78 is 17.2. The van der Waals surface area contributed by atoms with Gasteiger partial charge in [0.25, 0.3) is 5.91 Å². The van der Waals surface area contributed by atoms with Gasteiger partial charge in [0, 0.05) is 22.9 Å². The number of benzene rings is 2. The average Bonchev–Trinajstić information content (AvgIpc) is 3.23. The third-order valence-electron chi connectivity index (χ3n) is 4.46. The van der Waals surface area contributed by atoms with Crippen LogP contribution in [-0.4, -0.2) is 48.9 Å². The second-order valence-electron chi connectivity index (χ2n) is 6.64. The number of aliphatic imine (C=N–C) groups is 1. The first-order valence-corrected chi connectivity index (χ1v) is 11.7. The fourth-order valence-electron chi connectivity index (χ4n) is 3.18. The maximum atomic E-state index is 13.4. The Morgan fingerprint density at radius 2 is 1.74 bits per heavy atom.